The van der Waals surface area contributed by atoms with Gasteiger partial charge in [-0.25, -0.2) is 22.4 Å². The van der Waals surface area contributed by atoms with Gasteiger partial charge in [-0.1, -0.05) is 11.6 Å². The van der Waals surface area contributed by atoms with Gasteiger partial charge in [0, 0.05) is 24.7 Å². The number of anilines is 1. The largest absolute Gasteiger partial charge is 0.320 e. The summed E-state index contributed by atoms with van der Waals surface area (Å²) in [5, 5.41) is 7.26. The Kier molecular flexibility index (Phi) is 5.26. The lowest BCUT2D eigenvalue weighted by atomic mass is 10.2. The summed E-state index contributed by atoms with van der Waals surface area (Å²) in [4.78, 5) is 16.6. The quantitative estimate of drug-likeness (QED) is 0.703. The Labute approximate surface area is 161 Å². The number of benzene rings is 2. The van der Waals surface area contributed by atoms with Gasteiger partial charge in [0.1, 0.15) is 12.7 Å². The lowest BCUT2D eigenvalue weighted by molar-refractivity contribution is 0.102. The van der Waals surface area contributed by atoms with E-state index in [0.29, 0.717) is 22.0 Å². The highest BCUT2D eigenvalue weighted by Gasteiger charge is 2.18. The fourth-order valence-electron chi connectivity index (χ4n) is 2.32. The van der Waals surface area contributed by atoms with Crippen molar-refractivity contribution in [1.29, 1.82) is 0 Å². The highest BCUT2D eigenvalue weighted by atomic mass is 35.5. The van der Waals surface area contributed by atoms with Crippen molar-refractivity contribution in [2.75, 3.05) is 19.4 Å². The summed E-state index contributed by atoms with van der Waals surface area (Å²) in [7, 11) is -0.664. The van der Waals surface area contributed by atoms with E-state index in [4.69, 9.17) is 11.6 Å². The topological polar surface area (TPSA) is 97.2 Å². The third kappa shape index (κ3) is 4.00. The van der Waals surface area contributed by atoms with Crippen molar-refractivity contribution in [2.24, 2.45) is 0 Å². The smallest absolute Gasteiger partial charge is 0.255 e. The Balaban J connectivity index is 1.87. The first kappa shape index (κ1) is 19.0. The number of hydrogen-bond acceptors (Lipinski definition) is 5. The van der Waals surface area contributed by atoms with E-state index >= 15 is 0 Å². The van der Waals surface area contributed by atoms with Crippen LogP contribution < -0.4 is 5.32 Å². The Bertz CT molecular complexity index is 1060. The van der Waals surface area contributed by atoms with Crippen LogP contribution in [0.4, 0.5) is 5.69 Å². The standard InChI is InChI=1S/C17H16ClN5O3S/c1-22(2)27(25,26)14-6-3-12(4-7-14)17(24)21-15-9-13(18)5-8-16(15)23-11-19-10-20-23/h3-11H,1-2H3,(H,21,24). The molecule has 1 N–H and O–H groups in total. The maximum atomic E-state index is 12.6. The second-order valence-electron chi connectivity index (χ2n) is 5.77. The number of halogens is 1. The van der Waals surface area contributed by atoms with E-state index in [1.54, 1.807) is 18.2 Å². The monoisotopic (exact) mass is 405 g/mol. The Morgan fingerprint density at radius 1 is 1.15 bits per heavy atom. The lowest BCUT2D eigenvalue weighted by Crippen LogP contribution is -2.22. The first-order valence-electron chi connectivity index (χ1n) is 7.77. The number of nitrogens with zero attached hydrogens (tertiary/aromatic N) is 4. The summed E-state index contributed by atoms with van der Waals surface area (Å²) in [6.45, 7) is 0. The molecule has 0 radical (unpaired) electrons. The first-order valence-corrected chi connectivity index (χ1v) is 9.59. The molecule has 0 saturated carbocycles. The molecule has 1 amide bonds. The molecule has 3 rings (SSSR count). The van der Waals surface area contributed by atoms with Crippen molar-refractivity contribution < 1.29 is 13.2 Å². The van der Waals surface area contributed by atoms with E-state index in [1.165, 1.54) is 55.7 Å². The van der Waals surface area contributed by atoms with E-state index in [2.05, 4.69) is 15.4 Å². The number of carbonyl (C=O) groups is 1. The van der Waals surface area contributed by atoms with Crippen molar-refractivity contribution in [3.63, 3.8) is 0 Å². The van der Waals surface area contributed by atoms with Crippen LogP contribution in [0.2, 0.25) is 5.02 Å². The molecule has 3 aromatic rings. The zero-order valence-electron chi connectivity index (χ0n) is 14.5. The number of sulfonamides is 1. The third-order valence-corrected chi connectivity index (χ3v) is 5.83. The number of rotatable bonds is 5. The van der Waals surface area contributed by atoms with Gasteiger partial charge in [-0.2, -0.15) is 5.10 Å². The van der Waals surface area contributed by atoms with E-state index in [0.717, 1.165) is 4.31 Å². The van der Waals surface area contributed by atoms with Crippen LogP contribution in [0.15, 0.2) is 60.0 Å². The van der Waals surface area contributed by atoms with Gasteiger partial charge in [-0.3, -0.25) is 4.79 Å². The molecule has 27 heavy (non-hydrogen) atoms. The van der Waals surface area contributed by atoms with Crippen molar-refractivity contribution in [2.45, 2.75) is 4.90 Å². The fraction of sp³-hybridized carbons (Fsp3) is 0.118. The average Bonchev–Trinajstić information content (AvgIpc) is 3.16. The highest BCUT2D eigenvalue weighted by Crippen LogP contribution is 2.25. The zero-order valence-corrected chi connectivity index (χ0v) is 16.1. The number of carbonyl (C=O) groups excluding carboxylic acids is 1. The first-order chi connectivity index (χ1) is 12.8. The van der Waals surface area contributed by atoms with Crippen molar-refractivity contribution >= 4 is 33.2 Å². The molecule has 8 nitrogen and oxygen atoms in total. The van der Waals surface area contributed by atoms with Crippen LogP contribution in [0.25, 0.3) is 5.69 Å². The van der Waals surface area contributed by atoms with Crippen molar-refractivity contribution in [1.82, 2.24) is 19.1 Å². The average molecular weight is 406 g/mol. The van der Waals surface area contributed by atoms with E-state index in [1.807, 2.05) is 0 Å². The van der Waals surface area contributed by atoms with Gasteiger partial charge in [0.15, 0.2) is 0 Å². The van der Waals surface area contributed by atoms with Crippen LogP contribution in [0, 0.1) is 0 Å². The SMILES string of the molecule is CN(C)S(=O)(=O)c1ccc(C(=O)Nc2cc(Cl)ccc2-n2cncn2)cc1. The van der Waals surface area contributed by atoms with Crippen molar-refractivity contribution in [3.8, 4) is 5.69 Å². The Morgan fingerprint density at radius 2 is 1.85 bits per heavy atom. The van der Waals surface area contributed by atoms with E-state index in [9.17, 15) is 13.2 Å². The van der Waals surface area contributed by atoms with Crippen LogP contribution in [0.1, 0.15) is 10.4 Å². The molecule has 0 aliphatic heterocycles. The Morgan fingerprint density at radius 3 is 2.44 bits per heavy atom. The minimum absolute atomic E-state index is 0.107. The van der Waals surface area contributed by atoms with Gasteiger partial charge in [0.2, 0.25) is 10.0 Å². The summed E-state index contributed by atoms with van der Waals surface area (Å²) in [6.07, 6.45) is 2.88. The molecule has 0 unspecified atom stereocenters. The van der Waals surface area contributed by atoms with Gasteiger partial charge in [0.05, 0.1) is 16.3 Å². The molecular weight excluding hydrogens is 390 g/mol. The number of aromatic nitrogens is 3. The van der Waals surface area contributed by atoms with Gasteiger partial charge in [-0.15, -0.1) is 0 Å². The van der Waals surface area contributed by atoms with Gasteiger partial charge >= 0.3 is 0 Å². The second-order valence-corrected chi connectivity index (χ2v) is 8.36. The summed E-state index contributed by atoms with van der Waals surface area (Å²) in [6, 6.07) is 10.7. The summed E-state index contributed by atoms with van der Waals surface area (Å²) in [5.74, 6) is -0.410. The molecule has 0 spiro atoms. The molecule has 1 aromatic heterocycles. The highest BCUT2D eigenvalue weighted by molar-refractivity contribution is 7.89. The Hall–Kier alpha value is -2.75. The molecule has 0 fully saturated rings. The molecule has 0 saturated heterocycles. The summed E-state index contributed by atoms with van der Waals surface area (Å²) < 4.78 is 26.8. The predicted octanol–water partition coefficient (Wildman–Crippen LogP) is 2.42. The molecule has 10 heteroatoms. The number of hydrogen-bond donors (Lipinski definition) is 1. The molecule has 0 aliphatic rings. The molecule has 140 valence electrons. The normalized spacial score (nSPS) is 11.6. The number of nitrogens with one attached hydrogen (secondary N) is 1. The minimum atomic E-state index is -3.55. The zero-order chi connectivity index (χ0) is 19.6. The summed E-state index contributed by atoms with van der Waals surface area (Å²) >= 11 is 6.04. The molecular formula is C17H16ClN5O3S. The van der Waals surface area contributed by atoms with Crippen LogP contribution in [0.3, 0.4) is 0 Å². The van der Waals surface area contributed by atoms with Gasteiger partial charge in [0.25, 0.3) is 5.91 Å². The molecule has 0 atom stereocenters. The molecule has 0 bridgehead atoms. The van der Waals surface area contributed by atoms with Crippen LogP contribution in [-0.2, 0) is 10.0 Å². The summed E-state index contributed by atoms with van der Waals surface area (Å²) in [5.41, 5.74) is 1.34. The lowest BCUT2D eigenvalue weighted by Gasteiger charge is -2.13. The van der Waals surface area contributed by atoms with Crippen LogP contribution >= 0.6 is 11.6 Å². The van der Waals surface area contributed by atoms with Crippen LogP contribution in [0.5, 0.6) is 0 Å². The molecule has 1 heterocycles. The maximum absolute atomic E-state index is 12.6. The van der Waals surface area contributed by atoms with Gasteiger partial charge < -0.3 is 5.32 Å². The van der Waals surface area contributed by atoms with Crippen molar-refractivity contribution in [3.05, 3.63) is 65.7 Å². The van der Waals surface area contributed by atoms with Gasteiger partial charge in [-0.05, 0) is 42.5 Å². The van der Waals surface area contributed by atoms with Crippen LogP contribution in [-0.4, -0.2) is 47.5 Å². The second kappa shape index (κ2) is 7.47. The molecule has 0 aliphatic carbocycles. The minimum Gasteiger partial charge on any atom is -0.320 e. The maximum Gasteiger partial charge on any atom is 0.255 e. The van der Waals surface area contributed by atoms with E-state index in [-0.39, 0.29) is 4.90 Å². The number of amides is 1. The third-order valence-electron chi connectivity index (χ3n) is 3.77. The van der Waals surface area contributed by atoms with E-state index < -0.39 is 15.9 Å². The predicted molar refractivity (Wildman–Crippen MR) is 102 cm³/mol. The fourth-order valence-corrected chi connectivity index (χ4v) is 3.40. The molecule has 2 aromatic carbocycles.